The van der Waals surface area contributed by atoms with Crippen LogP contribution in [0.5, 0.6) is 0 Å². The number of nitrogens with zero attached hydrogens (tertiary/aromatic N) is 2. The highest BCUT2D eigenvalue weighted by Crippen LogP contribution is 2.09. The SMILES string of the molecule is COCCN(CCNCc1cnc(C)[nH]1)C(=O)OC(C)(C)C. The molecule has 1 amide bonds. The first kappa shape index (κ1) is 18.4. The molecule has 1 aromatic rings. The quantitative estimate of drug-likeness (QED) is 0.714. The summed E-state index contributed by atoms with van der Waals surface area (Å²) in [5, 5.41) is 3.28. The summed E-state index contributed by atoms with van der Waals surface area (Å²) in [6, 6.07) is 0. The van der Waals surface area contributed by atoms with Gasteiger partial charge in [-0.2, -0.15) is 0 Å². The van der Waals surface area contributed by atoms with Gasteiger partial charge in [0.1, 0.15) is 11.4 Å². The largest absolute Gasteiger partial charge is 0.444 e. The van der Waals surface area contributed by atoms with Crippen molar-refractivity contribution in [3.05, 3.63) is 17.7 Å². The van der Waals surface area contributed by atoms with E-state index in [9.17, 15) is 4.79 Å². The van der Waals surface area contributed by atoms with Crippen LogP contribution in [0.2, 0.25) is 0 Å². The van der Waals surface area contributed by atoms with E-state index in [1.165, 1.54) is 0 Å². The number of rotatable bonds is 8. The Morgan fingerprint density at radius 2 is 2.14 bits per heavy atom. The molecule has 0 bridgehead atoms. The molecule has 0 aliphatic carbocycles. The van der Waals surface area contributed by atoms with Crippen molar-refractivity contribution in [1.82, 2.24) is 20.2 Å². The number of ether oxygens (including phenoxy) is 2. The highest BCUT2D eigenvalue weighted by molar-refractivity contribution is 5.68. The Bertz CT molecular complexity index is 454. The normalized spacial score (nSPS) is 11.5. The molecule has 0 saturated carbocycles. The van der Waals surface area contributed by atoms with Crippen molar-refractivity contribution in [3.8, 4) is 0 Å². The highest BCUT2D eigenvalue weighted by Gasteiger charge is 2.21. The molecule has 1 heterocycles. The molecule has 0 atom stereocenters. The maximum atomic E-state index is 12.1. The molecule has 0 aromatic carbocycles. The number of methoxy groups -OCH3 is 1. The standard InChI is InChI=1S/C15H28N4O3/c1-12-17-11-13(18-12)10-16-6-7-19(8-9-21-5)14(20)22-15(2,3)4/h11,16H,6-10H2,1-5H3,(H,17,18). The summed E-state index contributed by atoms with van der Waals surface area (Å²) in [6.07, 6.45) is 1.49. The molecule has 22 heavy (non-hydrogen) atoms. The second kappa shape index (κ2) is 8.75. The van der Waals surface area contributed by atoms with E-state index in [2.05, 4.69) is 15.3 Å². The van der Waals surface area contributed by atoms with Gasteiger partial charge in [0.25, 0.3) is 0 Å². The van der Waals surface area contributed by atoms with E-state index in [4.69, 9.17) is 9.47 Å². The van der Waals surface area contributed by atoms with E-state index < -0.39 is 5.60 Å². The van der Waals surface area contributed by atoms with E-state index >= 15 is 0 Å². The number of imidazole rings is 1. The molecule has 0 unspecified atom stereocenters. The lowest BCUT2D eigenvalue weighted by Crippen LogP contribution is -2.42. The fraction of sp³-hybridized carbons (Fsp3) is 0.733. The molecule has 1 rings (SSSR count). The van der Waals surface area contributed by atoms with E-state index in [-0.39, 0.29) is 6.09 Å². The summed E-state index contributed by atoms with van der Waals surface area (Å²) in [5.41, 5.74) is 0.529. The van der Waals surface area contributed by atoms with E-state index in [0.717, 1.165) is 11.5 Å². The maximum Gasteiger partial charge on any atom is 0.410 e. The van der Waals surface area contributed by atoms with Crippen LogP contribution in [-0.2, 0) is 16.0 Å². The zero-order chi connectivity index (χ0) is 16.6. The Balaban J connectivity index is 2.38. The average molecular weight is 312 g/mol. The molecular formula is C15H28N4O3. The lowest BCUT2D eigenvalue weighted by molar-refractivity contribution is 0.0204. The first-order valence-electron chi connectivity index (χ1n) is 7.50. The van der Waals surface area contributed by atoms with E-state index in [1.807, 2.05) is 27.7 Å². The second-order valence-corrected chi connectivity index (χ2v) is 6.13. The molecule has 7 nitrogen and oxygen atoms in total. The Kier molecular flexibility index (Phi) is 7.34. The van der Waals surface area contributed by atoms with Gasteiger partial charge < -0.3 is 24.7 Å². The minimum Gasteiger partial charge on any atom is -0.444 e. The number of aryl methyl sites for hydroxylation is 1. The fourth-order valence-corrected chi connectivity index (χ4v) is 1.82. The van der Waals surface area contributed by atoms with E-state index in [0.29, 0.717) is 32.8 Å². The fourth-order valence-electron chi connectivity index (χ4n) is 1.82. The molecule has 2 N–H and O–H groups in total. The van der Waals surface area contributed by atoms with Gasteiger partial charge in [0, 0.05) is 45.2 Å². The zero-order valence-electron chi connectivity index (χ0n) is 14.2. The van der Waals surface area contributed by atoms with E-state index in [1.54, 1.807) is 18.2 Å². The van der Waals surface area contributed by atoms with Gasteiger partial charge in [-0.15, -0.1) is 0 Å². The van der Waals surface area contributed by atoms with Gasteiger partial charge in [-0.05, 0) is 27.7 Å². The first-order valence-corrected chi connectivity index (χ1v) is 7.50. The van der Waals surface area contributed by atoms with Gasteiger partial charge in [-0.1, -0.05) is 0 Å². The van der Waals surface area contributed by atoms with Gasteiger partial charge in [0.2, 0.25) is 0 Å². The molecule has 0 aliphatic rings. The number of carbonyl (C=O) groups is 1. The van der Waals surface area contributed by atoms with Crippen LogP contribution in [0.4, 0.5) is 4.79 Å². The summed E-state index contributed by atoms with van der Waals surface area (Å²) >= 11 is 0. The predicted octanol–water partition coefficient (Wildman–Crippen LogP) is 1.69. The van der Waals surface area contributed by atoms with Crippen molar-refractivity contribution in [2.45, 2.75) is 39.8 Å². The van der Waals surface area contributed by atoms with Gasteiger partial charge in [-0.25, -0.2) is 9.78 Å². The summed E-state index contributed by atoms with van der Waals surface area (Å²) in [7, 11) is 1.62. The summed E-state index contributed by atoms with van der Waals surface area (Å²) in [6.45, 7) is 10.4. The highest BCUT2D eigenvalue weighted by atomic mass is 16.6. The molecule has 0 aliphatic heterocycles. The summed E-state index contributed by atoms with van der Waals surface area (Å²) < 4.78 is 10.5. The van der Waals surface area contributed by atoms with Gasteiger partial charge in [0.05, 0.1) is 6.61 Å². The number of nitrogens with one attached hydrogen (secondary N) is 2. The Morgan fingerprint density at radius 3 is 2.68 bits per heavy atom. The van der Waals surface area contributed by atoms with Crippen LogP contribution in [0.25, 0.3) is 0 Å². The van der Waals surface area contributed by atoms with Crippen LogP contribution in [-0.4, -0.2) is 59.9 Å². The van der Waals surface area contributed by atoms with Crippen LogP contribution in [0.15, 0.2) is 6.20 Å². The third-order valence-electron chi connectivity index (χ3n) is 2.85. The lowest BCUT2D eigenvalue weighted by atomic mass is 10.2. The van der Waals surface area contributed by atoms with Crippen LogP contribution in [0.1, 0.15) is 32.3 Å². The van der Waals surface area contributed by atoms with Gasteiger partial charge in [-0.3, -0.25) is 0 Å². The van der Waals surface area contributed by atoms with Crippen molar-refractivity contribution in [2.24, 2.45) is 0 Å². The first-order chi connectivity index (χ1) is 10.3. The Hall–Kier alpha value is -1.60. The zero-order valence-corrected chi connectivity index (χ0v) is 14.2. The van der Waals surface area contributed by atoms with Crippen LogP contribution < -0.4 is 5.32 Å². The number of aromatic amines is 1. The number of aromatic nitrogens is 2. The molecule has 0 spiro atoms. The monoisotopic (exact) mass is 312 g/mol. The molecule has 0 radical (unpaired) electrons. The van der Waals surface area contributed by atoms with Crippen LogP contribution in [0.3, 0.4) is 0 Å². The minimum atomic E-state index is -0.497. The Labute approximate surface area is 132 Å². The smallest absolute Gasteiger partial charge is 0.410 e. The predicted molar refractivity (Wildman–Crippen MR) is 84.7 cm³/mol. The molecule has 0 saturated heterocycles. The molecule has 0 fully saturated rings. The minimum absolute atomic E-state index is 0.316. The average Bonchev–Trinajstić information content (AvgIpc) is 2.81. The van der Waals surface area contributed by atoms with Gasteiger partial charge >= 0.3 is 6.09 Å². The topological polar surface area (TPSA) is 79.5 Å². The molecule has 1 aromatic heterocycles. The third kappa shape index (κ3) is 7.42. The molecule has 7 heteroatoms. The molecular weight excluding hydrogens is 284 g/mol. The summed E-state index contributed by atoms with van der Waals surface area (Å²) in [4.78, 5) is 21.1. The summed E-state index contributed by atoms with van der Waals surface area (Å²) in [5.74, 6) is 0.896. The van der Waals surface area contributed by atoms with Crippen molar-refractivity contribution in [1.29, 1.82) is 0 Å². The van der Waals surface area contributed by atoms with Crippen molar-refractivity contribution in [2.75, 3.05) is 33.4 Å². The van der Waals surface area contributed by atoms with Crippen molar-refractivity contribution < 1.29 is 14.3 Å². The van der Waals surface area contributed by atoms with Crippen LogP contribution >= 0.6 is 0 Å². The molecule has 126 valence electrons. The number of carbonyl (C=O) groups excluding carboxylic acids is 1. The third-order valence-corrected chi connectivity index (χ3v) is 2.85. The maximum absolute atomic E-state index is 12.1. The second-order valence-electron chi connectivity index (χ2n) is 6.13. The van der Waals surface area contributed by atoms with Crippen LogP contribution in [0, 0.1) is 6.92 Å². The lowest BCUT2D eigenvalue weighted by Gasteiger charge is -2.27. The number of hydrogen-bond donors (Lipinski definition) is 2. The van der Waals surface area contributed by atoms with Gasteiger partial charge in [0.15, 0.2) is 0 Å². The number of hydrogen-bond acceptors (Lipinski definition) is 5. The number of amides is 1. The van der Waals surface area contributed by atoms with Crippen molar-refractivity contribution >= 4 is 6.09 Å². The Morgan fingerprint density at radius 1 is 1.41 bits per heavy atom. The number of H-pyrrole nitrogens is 1. The van der Waals surface area contributed by atoms with Crippen molar-refractivity contribution in [3.63, 3.8) is 0 Å².